The molecule has 2 aromatic heterocycles. The van der Waals surface area contributed by atoms with Crippen LogP contribution >= 0.6 is 23.8 Å². The predicted molar refractivity (Wildman–Crippen MR) is 153 cm³/mol. The van der Waals surface area contributed by atoms with Crippen molar-refractivity contribution in [2.75, 3.05) is 10.2 Å². The molecular formula is C29H28ClN5OS. The van der Waals surface area contributed by atoms with Crippen molar-refractivity contribution < 1.29 is 4.79 Å². The maximum absolute atomic E-state index is 12.3. The summed E-state index contributed by atoms with van der Waals surface area (Å²) in [5.41, 5.74) is 5.59. The van der Waals surface area contributed by atoms with Crippen molar-refractivity contribution in [1.82, 2.24) is 14.9 Å². The zero-order valence-electron chi connectivity index (χ0n) is 20.9. The Bertz CT molecular complexity index is 1450. The highest BCUT2D eigenvalue weighted by Crippen LogP contribution is 2.43. The van der Waals surface area contributed by atoms with Crippen molar-refractivity contribution >= 4 is 46.2 Å². The molecular weight excluding hydrogens is 502 g/mol. The molecule has 4 aromatic rings. The first kappa shape index (κ1) is 25.0. The van der Waals surface area contributed by atoms with Gasteiger partial charge in [0.1, 0.15) is 6.04 Å². The molecule has 0 radical (unpaired) electrons. The van der Waals surface area contributed by atoms with Crippen molar-refractivity contribution in [2.24, 2.45) is 5.92 Å². The van der Waals surface area contributed by atoms with E-state index in [0.717, 1.165) is 34.0 Å². The first-order valence-corrected chi connectivity index (χ1v) is 13.0. The van der Waals surface area contributed by atoms with Gasteiger partial charge in [0.25, 0.3) is 0 Å². The molecule has 2 N–H and O–H groups in total. The fourth-order valence-corrected chi connectivity index (χ4v) is 5.18. The number of aryl methyl sites for hydroxylation is 1. The molecule has 2 aromatic carbocycles. The van der Waals surface area contributed by atoms with Crippen LogP contribution in [0.25, 0.3) is 5.69 Å². The van der Waals surface area contributed by atoms with Crippen molar-refractivity contribution in [3.8, 4) is 5.69 Å². The quantitative estimate of drug-likeness (QED) is 0.275. The number of nitrogens with one attached hydrogen (secondary N) is 2. The Morgan fingerprint density at radius 1 is 1.05 bits per heavy atom. The maximum atomic E-state index is 12.3. The summed E-state index contributed by atoms with van der Waals surface area (Å²) in [6.45, 7) is 5.75. The second-order valence-electron chi connectivity index (χ2n) is 9.42. The van der Waals surface area contributed by atoms with Gasteiger partial charge in [-0.05, 0) is 85.4 Å². The van der Waals surface area contributed by atoms with Gasteiger partial charge in [0.2, 0.25) is 5.91 Å². The van der Waals surface area contributed by atoms with E-state index in [4.69, 9.17) is 23.8 Å². The smallest absolute Gasteiger partial charge is 0.226 e. The van der Waals surface area contributed by atoms with Gasteiger partial charge in [0.15, 0.2) is 5.11 Å². The van der Waals surface area contributed by atoms with Crippen LogP contribution in [-0.4, -0.2) is 20.6 Å². The minimum Gasteiger partial charge on any atom is -0.351 e. The van der Waals surface area contributed by atoms with Crippen LogP contribution < -0.4 is 15.5 Å². The molecule has 0 spiro atoms. The number of carbonyl (C=O) groups excluding carboxylic acids is 1. The topological polar surface area (TPSA) is 62.2 Å². The Hall–Kier alpha value is -3.68. The lowest BCUT2D eigenvalue weighted by molar-refractivity contribution is -0.118. The zero-order valence-corrected chi connectivity index (χ0v) is 22.4. The van der Waals surface area contributed by atoms with E-state index in [9.17, 15) is 4.79 Å². The van der Waals surface area contributed by atoms with Crippen molar-refractivity contribution in [2.45, 2.75) is 32.9 Å². The highest BCUT2D eigenvalue weighted by atomic mass is 35.5. The van der Waals surface area contributed by atoms with E-state index in [1.165, 1.54) is 0 Å². The fraction of sp³-hybridized carbons (Fsp3) is 0.207. The van der Waals surface area contributed by atoms with Crippen LogP contribution in [-0.2, 0) is 4.79 Å². The molecule has 1 aliphatic heterocycles. The fourth-order valence-electron chi connectivity index (χ4n) is 4.64. The Morgan fingerprint density at radius 2 is 1.89 bits per heavy atom. The Kier molecular flexibility index (Phi) is 7.00. The van der Waals surface area contributed by atoms with Crippen LogP contribution in [0.3, 0.4) is 0 Å². The Morgan fingerprint density at radius 3 is 2.59 bits per heavy atom. The number of nitrogens with zero attached hydrogens (tertiary/aromatic N) is 3. The number of benzene rings is 2. The van der Waals surface area contributed by atoms with Crippen molar-refractivity contribution in [1.29, 1.82) is 0 Å². The van der Waals surface area contributed by atoms with Crippen molar-refractivity contribution in [3.05, 3.63) is 107 Å². The summed E-state index contributed by atoms with van der Waals surface area (Å²) in [7, 11) is 0. The number of rotatable bonds is 6. The molecule has 188 valence electrons. The van der Waals surface area contributed by atoms with E-state index in [-0.39, 0.29) is 23.9 Å². The van der Waals surface area contributed by atoms with Crippen LogP contribution in [0.1, 0.15) is 42.9 Å². The number of pyridine rings is 1. The minimum atomic E-state index is -0.188. The highest BCUT2D eigenvalue weighted by molar-refractivity contribution is 7.80. The lowest BCUT2D eigenvalue weighted by Crippen LogP contribution is -2.30. The molecule has 3 heterocycles. The van der Waals surface area contributed by atoms with Gasteiger partial charge in [-0.15, -0.1) is 0 Å². The van der Waals surface area contributed by atoms with Crippen LogP contribution in [0.5, 0.6) is 0 Å². The number of hydrogen-bond acceptors (Lipinski definition) is 3. The molecule has 2 atom stereocenters. The van der Waals surface area contributed by atoms with Gasteiger partial charge in [-0.2, -0.15) is 0 Å². The summed E-state index contributed by atoms with van der Waals surface area (Å²) in [4.78, 5) is 19.1. The second kappa shape index (κ2) is 10.4. The van der Waals surface area contributed by atoms with E-state index >= 15 is 0 Å². The van der Waals surface area contributed by atoms with Crippen LogP contribution in [0.2, 0.25) is 5.02 Å². The van der Waals surface area contributed by atoms with E-state index in [1.54, 1.807) is 6.20 Å². The summed E-state index contributed by atoms with van der Waals surface area (Å²) in [6, 6.07) is 23.5. The van der Waals surface area contributed by atoms with Crippen LogP contribution in [0.4, 0.5) is 11.4 Å². The molecule has 1 aliphatic rings. The summed E-state index contributed by atoms with van der Waals surface area (Å²) in [6.07, 6.45) is 3.83. The van der Waals surface area contributed by atoms with Crippen LogP contribution in [0, 0.1) is 12.8 Å². The van der Waals surface area contributed by atoms with E-state index in [2.05, 4.69) is 37.2 Å². The molecule has 8 heteroatoms. The number of aromatic nitrogens is 2. The third-order valence-electron chi connectivity index (χ3n) is 6.54. The number of thiocarbonyl (C=S) groups is 1. The third kappa shape index (κ3) is 4.97. The summed E-state index contributed by atoms with van der Waals surface area (Å²) in [5, 5.41) is 7.81. The average Bonchev–Trinajstić information content (AvgIpc) is 3.50. The van der Waals surface area contributed by atoms with E-state index in [0.29, 0.717) is 10.1 Å². The second-order valence-corrected chi connectivity index (χ2v) is 10.2. The molecule has 1 amide bonds. The number of carbonyl (C=O) groups is 1. The molecule has 0 unspecified atom stereocenters. The number of amides is 1. The molecule has 1 saturated heterocycles. The van der Waals surface area contributed by atoms with Gasteiger partial charge in [-0.3, -0.25) is 9.78 Å². The standard InChI is InChI=1S/C29H28ClN5OS/c1-18(2)28(36)32-23-13-12-22(16-19(23)3)35-27(26(33-29(35)37)24-10-4-5-14-31-24)25-11-7-15-34(25)21-9-6-8-20(30)17-21/h4-18,26-27H,1-3H3,(H,32,36)(H,33,37)/t26-,27-/m1/s1. The SMILES string of the molecule is Cc1cc(N2C(=S)N[C@H](c3ccccn3)[C@H]2c2cccn2-c2cccc(Cl)c2)ccc1NC(=O)C(C)C. The highest BCUT2D eigenvalue weighted by Gasteiger charge is 2.42. The Labute approximate surface area is 227 Å². The molecule has 5 rings (SSSR count). The number of halogens is 1. The van der Waals surface area contributed by atoms with Gasteiger partial charge < -0.3 is 20.1 Å². The van der Waals surface area contributed by atoms with Gasteiger partial charge in [0, 0.05) is 46.1 Å². The van der Waals surface area contributed by atoms with Gasteiger partial charge >= 0.3 is 0 Å². The normalized spacial score (nSPS) is 17.2. The predicted octanol–water partition coefficient (Wildman–Crippen LogP) is 6.61. The third-order valence-corrected chi connectivity index (χ3v) is 7.09. The van der Waals surface area contributed by atoms with Gasteiger partial charge in [0.05, 0.1) is 11.7 Å². The zero-order chi connectivity index (χ0) is 26.1. The molecule has 1 fully saturated rings. The number of hydrogen-bond donors (Lipinski definition) is 2. The van der Waals surface area contributed by atoms with Gasteiger partial charge in [-0.1, -0.05) is 37.6 Å². The lowest BCUT2D eigenvalue weighted by atomic mass is 10.00. The molecule has 37 heavy (non-hydrogen) atoms. The summed E-state index contributed by atoms with van der Waals surface area (Å²) in [5.74, 6) is -0.112. The molecule has 0 aliphatic carbocycles. The molecule has 0 saturated carbocycles. The van der Waals surface area contributed by atoms with Gasteiger partial charge in [-0.25, -0.2) is 0 Å². The summed E-state index contributed by atoms with van der Waals surface area (Å²) < 4.78 is 2.14. The monoisotopic (exact) mass is 529 g/mol. The molecule has 0 bridgehead atoms. The Balaban J connectivity index is 1.60. The first-order chi connectivity index (χ1) is 17.8. The number of anilines is 2. The average molecular weight is 530 g/mol. The van der Waals surface area contributed by atoms with E-state index in [1.807, 2.05) is 87.6 Å². The molecule has 6 nitrogen and oxygen atoms in total. The largest absolute Gasteiger partial charge is 0.351 e. The maximum Gasteiger partial charge on any atom is 0.226 e. The van der Waals surface area contributed by atoms with Crippen molar-refractivity contribution in [3.63, 3.8) is 0 Å². The van der Waals surface area contributed by atoms with Crippen LogP contribution in [0.15, 0.2) is 85.2 Å². The minimum absolute atomic E-state index is 0.0124. The van der Waals surface area contributed by atoms with E-state index < -0.39 is 0 Å². The summed E-state index contributed by atoms with van der Waals surface area (Å²) >= 11 is 12.2. The first-order valence-electron chi connectivity index (χ1n) is 12.2. The lowest BCUT2D eigenvalue weighted by Gasteiger charge is -2.29.